The molecule has 0 bridgehead atoms. The number of hydrogen-bond donors (Lipinski definition) is 1. The van der Waals surface area contributed by atoms with E-state index < -0.39 is 0 Å². The van der Waals surface area contributed by atoms with Gasteiger partial charge in [-0.3, -0.25) is 0 Å². The third-order valence-corrected chi connectivity index (χ3v) is 4.60. The van der Waals surface area contributed by atoms with E-state index in [0.29, 0.717) is 18.2 Å². The highest BCUT2D eigenvalue weighted by molar-refractivity contribution is 7.09. The monoisotopic (exact) mass is 344 g/mol. The minimum atomic E-state index is 0.522. The first kappa shape index (κ1) is 16.0. The normalized spacial score (nSPS) is 10.7. The van der Waals surface area contributed by atoms with Crippen molar-refractivity contribution in [2.75, 3.05) is 6.54 Å². The van der Waals surface area contributed by atoms with Crippen molar-refractivity contribution in [3.63, 3.8) is 0 Å². The van der Waals surface area contributed by atoms with Gasteiger partial charge in [-0.25, -0.2) is 4.98 Å². The first-order valence-electron chi connectivity index (χ1n) is 7.37. The molecule has 0 radical (unpaired) electrons. The molecule has 0 saturated heterocycles. The Bertz CT molecular complexity index is 774. The Kier molecular flexibility index (Phi) is 5.28. The number of rotatable bonds is 6. The molecule has 1 heterocycles. The molecule has 23 heavy (non-hydrogen) atoms. The lowest BCUT2D eigenvalue weighted by molar-refractivity contribution is 0.306. The SMILES string of the molecule is NCCc1nc(-c2ccc(OCc3ccccc3)cc2Cl)cs1. The van der Waals surface area contributed by atoms with Gasteiger partial charge in [-0.05, 0) is 30.3 Å². The summed E-state index contributed by atoms with van der Waals surface area (Å²) < 4.78 is 5.79. The predicted molar refractivity (Wildman–Crippen MR) is 96.1 cm³/mol. The second kappa shape index (κ2) is 7.59. The van der Waals surface area contributed by atoms with Gasteiger partial charge in [0.2, 0.25) is 0 Å². The predicted octanol–water partition coefficient (Wildman–Crippen LogP) is 4.54. The molecule has 5 heteroatoms. The largest absolute Gasteiger partial charge is 0.489 e. The number of ether oxygens (including phenoxy) is 1. The summed E-state index contributed by atoms with van der Waals surface area (Å²) in [4.78, 5) is 4.57. The fourth-order valence-electron chi connectivity index (χ4n) is 2.21. The molecule has 0 aliphatic rings. The Labute approximate surface area is 144 Å². The summed E-state index contributed by atoms with van der Waals surface area (Å²) >= 11 is 8.00. The van der Waals surface area contributed by atoms with E-state index in [2.05, 4.69) is 4.98 Å². The van der Waals surface area contributed by atoms with Gasteiger partial charge in [-0.15, -0.1) is 11.3 Å². The van der Waals surface area contributed by atoms with E-state index in [0.717, 1.165) is 34.0 Å². The quantitative estimate of drug-likeness (QED) is 0.714. The van der Waals surface area contributed by atoms with E-state index in [-0.39, 0.29) is 0 Å². The molecule has 0 unspecified atom stereocenters. The molecular weight excluding hydrogens is 328 g/mol. The molecule has 2 aromatic carbocycles. The van der Waals surface area contributed by atoms with Crippen LogP contribution >= 0.6 is 22.9 Å². The summed E-state index contributed by atoms with van der Waals surface area (Å²) in [5, 5.41) is 3.68. The highest BCUT2D eigenvalue weighted by atomic mass is 35.5. The molecule has 0 aliphatic carbocycles. The number of thiazole rings is 1. The van der Waals surface area contributed by atoms with Crippen LogP contribution in [0.1, 0.15) is 10.6 Å². The van der Waals surface area contributed by atoms with E-state index in [4.69, 9.17) is 22.1 Å². The van der Waals surface area contributed by atoms with Crippen molar-refractivity contribution in [3.05, 3.63) is 69.5 Å². The van der Waals surface area contributed by atoms with Gasteiger partial charge < -0.3 is 10.5 Å². The van der Waals surface area contributed by atoms with E-state index in [1.54, 1.807) is 11.3 Å². The second-order valence-corrected chi connectivity index (χ2v) is 6.43. The van der Waals surface area contributed by atoms with Crippen LogP contribution in [-0.4, -0.2) is 11.5 Å². The molecule has 0 saturated carbocycles. The van der Waals surface area contributed by atoms with Crippen molar-refractivity contribution in [2.24, 2.45) is 5.73 Å². The van der Waals surface area contributed by atoms with Crippen molar-refractivity contribution >= 4 is 22.9 Å². The van der Waals surface area contributed by atoms with Crippen LogP contribution in [-0.2, 0) is 13.0 Å². The second-order valence-electron chi connectivity index (χ2n) is 5.08. The smallest absolute Gasteiger partial charge is 0.121 e. The zero-order valence-corrected chi connectivity index (χ0v) is 14.1. The van der Waals surface area contributed by atoms with Gasteiger partial charge in [-0.1, -0.05) is 41.9 Å². The van der Waals surface area contributed by atoms with Gasteiger partial charge in [-0.2, -0.15) is 0 Å². The fraction of sp³-hybridized carbons (Fsp3) is 0.167. The van der Waals surface area contributed by atoms with Crippen molar-refractivity contribution < 1.29 is 4.74 Å². The molecule has 3 aromatic rings. The summed E-state index contributed by atoms with van der Waals surface area (Å²) in [6, 6.07) is 15.8. The molecular formula is C18H17ClN2OS. The number of hydrogen-bond acceptors (Lipinski definition) is 4. The fourth-order valence-corrected chi connectivity index (χ4v) is 3.29. The molecule has 0 atom stereocenters. The standard InChI is InChI=1S/C18H17ClN2OS/c19-16-10-14(22-11-13-4-2-1-3-5-13)6-7-15(16)17-12-23-18(21-17)8-9-20/h1-7,10,12H,8-9,11,20H2. The molecule has 0 fully saturated rings. The average Bonchev–Trinajstić information content (AvgIpc) is 3.03. The van der Waals surface area contributed by atoms with Gasteiger partial charge in [0, 0.05) is 17.4 Å². The Morgan fingerprint density at radius 1 is 1.13 bits per heavy atom. The zero-order chi connectivity index (χ0) is 16.1. The van der Waals surface area contributed by atoms with Gasteiger partial charge in [0.15, 0.2) is 0 Å². The van der Waals surface area contributed by atoms with E-state index in [9.17, 15) is 0 Å². The maximum atomic E-state index is 6.39. The van der Waals surface area contributed by atoms with E-state index >= 15 is 0 Å². The molecule has 0 aliphatic heterocycles. The number of halogens is 1. The number of nitrogens with zero attached hydrogens (tertiary/aromatic N) is 1. The summed E-state index contributed by atoms with van der Waals surface area (Å²) in [5.74, 6) is 0.750. The third-order valence-electron chi connectivity index (χ3n) is 3.37. The lowest BCUT2D eigenvalue weighted by Crippen LogP contribution is -2.02. The Balaban J connectivity index is 1.72. The maximum absolute atomic E-state index is 6.39. The topological polar surface area (TPSA) is 48.1 Å². The molecule has 1 aromatic heterocycles. The van der Waals surface area contributed by atoms with Crippen LogP contribution < -0.4 is 10.5 Å². The molecule has 3 nitrogen and oxygen atoms in total. The number of nitrogens with two attached hydrogens (primary N) is 1. The molecule has 118 valence electrons. The van der Waals surface area contributed by atoms with Gasteiger partial charge >= 0.3 is 0 Å². The third kappa shape index (κ3) is 4.10. The zero-order valence-electron chi connectivity index (χ0n) is 12.5. The van der Waals surface area contributed by atoms with E-state index in [1.807, 2.05) is 53.9 Å². The molecule has 2 N–H and O–H groups in total. The van der Waals surface area contributed by atoms with Crippen LogP contribution in [0.4, 0.5) is 0 Å². The van der Waals surface area contributed by atoms with Crippen molar-refractivity contribution in [1.29, 1.82) is 0 Å². The summed E-state index contributed by atoms with van der Waals surface area (Å²) in [7, 11) is 0. The highest BCUT2D eigenvalue weighted by Crippen LogP contribution is 2.32. The molecule has 0 amide bonds. The van der Waals surface area contributed by atoms with Crippen molar-refractivity contribution in [2.45, 2.75) is 13.0 Å². The first-order valence-corrected chi connectivity index (χ1v) is 8.63. The van der Waals surface area contributed by atoms with Crippen molar-refractivity contribution in [3.8, 4) is 17.0 Å². The van der Waals surface area contributed by atoms with Crippen LogP contribution in [0.3, 0.4) is 0 Å². The van der Waals surface area contributed by atoms with Gasteiger partial charge in [0.25, 0.3) is 0 Å². The first-order chi connectivity index (χ1) is 11.3. The molecule has 3 rings (SSSR count). The van der Waals surface area contributed by atoms with Gasteiger partial charge in [0.1, 0.15) is 12.4 Å². The maximum Gasteiger partial charge on any atom is 0.121 e. The van der Waals surface area contributed by atoms with Crippen LogP contribution in [0.2, 0.25) is 5.02 Å². The van der Waals surface area contributed by atoms with Crippen LogP contribution in [0.15, 0.2) is 53.9 Å². The summed E-state index contributed by atoms with van der Waals surface area (Å²) in [6.07, 6.45) is 0.792. The van der Waals surface area contributed by atoms with E-state index in [1.165, 1.54) is 0 Å². The van der Waals surface area contributed by atoms with Crippen molar-refractivity contribution in [1.82, 2.24) is 4.98 Å². The van der Waals surface area contributed by atoms with Gasteiger partial charge in [0.05, 0.1) is 15.7 Å². The molecule has 0 spiro atoms. The number of benzene rings is 2. The average molecular weight is 345 g/mol. The highest BCUT2D eigenvalue weighted by Gasteiger charge is 2.09. The Morgan fingerprint density at radius 3 is 2.70 bits per heavy atom. The lowest BCUT2D eigenvalue weighted by Gasteiger charge is -2.08. The lowest BCUT2D eigenvalue weighted by atomic mass is 10.1. The minimum absolute atomic E-state index is 0.522. The Hall–Kier alpha value is -1.88. The number of aromatic nitrogens is 1. The Morgan fingerprint density at radius 2 is 1.96 bits per heavy atom. The van der Waals surface area contributed by atoms with Crippen LogP contribution in [0, 0.1) is 0 Å². The minimum Gasteiger partial charge on any atom is -0.489 e. The summed E-state index contributed by atoms with van der Waals surface area (Å²) in [5.41, 5.74) is 8.49. The summed E-state index contributed by atoms with van der Waals surface area (Å²) in [6.45, 7) is 1.13. The van der Waals surface area contributed by atoms with Crippen LogP contribution in [0.25, 0.3) is 11.3 Å². The van der Waals surface area contributed by atoms with Crippen LogP contribution in [0.5, 0.6) is 5.75 Å².